The van der Waals surface area contributed by atoms with Crippen molar-refractivity contribution in [3.8, 4) is 0 Å². The highest BCUT2D eigenvalue weighted by Gasteiger charge is 2.08. The molecule has 136 valence electrons. The molecule has 0 fully saturated rings. The first-order chi connectivity index (χ1) is 12.9. The van der Waals surface area contributed by atoms with Gasteiger partial charge in [0.1, 0.15) is 0 Å². The second kappa shape index (κ2) is 8.21. The van der Waals surface area contributed by atoms with Gasteiger partial charge in [0.15, 0.2) is 10.2 Å². The normalized spacial score (nSPS) is 10.9. The second-order valence-corrected chi connectivity index (χ2v) is 7.14. The number of nitrogens with zero attached hydrogens (tertiary/aromatic N) is 2. The monoisotopic (exact) mass is 418 g/mol. The van der Waals surface area contributed by atoms with Crippen molar-refractivity contribution in [2.24, 2.45) is 0 Å². The summed E-state index contributed by atoms with van der Waals surface area (Å²) in [7, 11) is 0. The number of aromatic nitrogens is 1. The lowest BCUT2D eigenvalue weighted by atomic mass is 10.2. The number of thiazole rings is 1. The predicted octanol–water partition coefficient (Wildman–Crippen LogP) is 4.38. The lowest BCUT2D eigenvalue weighted by Gasteiger charge is -2.04. The van der Waals surface area contributed by atoms with Crippen molar-refractivity contribution in [2.75, 3.05) is 5.32 Å². The van der Waals surface area contributed by atoms with Crippen LogP contribution >= 0.6 is 35.2 Å². The fourth-order valence-electron chi connectivity index (χ4n) is 2.15. The number of benzene rings is 2. The average molecular weight is 419 g/mol. The molecule has 0 aliphatic rings. The zero-order valence-electron chi connectivity index (χ0n) is 13.5. The molecule has 1 amide bonds. The van der Waals surface area contributed by atoms with Gasteiger partial charge in [-0.15, -0.1) is 0 Å². The number of hydrogen-bond donors (Lipinski definition) is 2. The molecule has 0 saturated heterocycles. The van der Waals surface area contributed by atoms with Crippen molar-refractivity contribution in [1.82, 2.24) is 10.3 Å². The average Bonchev–Trinajstić information content (AvgIpc) is 3.01. The van der Waals surface area contributed by atoms with Gasteiger partial charge in [-0.3, -0.25) is 20.2 Å². The Morgan fingerprint density at radius 2 is 2.11 bits per heavy atom. The third kappa shape index (κ3) is 5.07. The van der Waals surface area contributed by atoms with E-state index in [1.54, 1.807) is 30.3 Å². The Morgan fingerprint density at radius 3 is 2.89 bits per heavy atom. The summed E-state index contributed by atoms with van der Waals surface area (Å²) >= 11 is 12.4. The molecule has 3 aromatic rings. The molecule has 0 radical (unpaired) electrons. The SMILES string of the molecule is O=C(/C=C/c1cccc([N+](=O)[O-])c1)NC(=S)Nc1nc2ccc(Cl)cc2s1. The van der Waals surface area contributed by atoms with E-state index in [4.69, 9.17) is 23.8 Å². The van der Waals surface area contributed by atoms with E-state index in [0.717, 1.165) is 10.2 Å². The Kier molecular flexibility index (Phi) is 5.75. The number of non-ortho nitro benzene ring substituents is 1. The zero-order valence-corrected chi connectivity index (χ0v) is 15.9. The van der Waals surface area contributed by atoms with Crippen LogP contribution in [-0.4, -0.2) is 20.9 Å². The number of rotatable bonds is 4. The molecule has 1 aromatic heterocycles. The van der Waals surface area contributed by atoms with Crippen molar-refractivity contribution < 1.29 is 9.72 Å². The van der Waals surface area contributed by atoms with Crippen LogP contribution in [-0.2, 0) is 4.79 Å². The van der Waals surface area contributed by atoms with Gasteiger partial charge in [0, 0.05) is 23.2 Å². The molecule has 3 rings (SSSR count). The van der Waals surface area contributed by atoms with Gasteiger partial charge in [-0.25, -0.2) is 4.98 Å². The fraction of sp³-hybridized carbons (Fsp3) is 0. The Balaban J connectivity index is 1.60. The van der Waals surface area contributed by atoms with E-state index in [1.165, 1.54) is 35.6 Å². The molecule has 0 unspecified atom stereocenters. The van der Waals surface area contributed by atoms with Crippen LogP contribution in [0.15, 0.2) is 48.5 Å². The predicted molar refractivity (Wildman–Crippen MR) is 111 cm³/mol. The Labute approximate surface area is 167 Å². The highest BCUT2D eigenvalue weighted by Crippen LogP contribution is 2.28. The Morgan fingerprint density at radius 1 is 1.30 bits per heavy atom. The molecule has 0 aliphatic heterocycles. The highest BCUT2D eigenvalue weighted by molar-refractivity contribution is 7.80. The van der Waals surface area contributed by atoms with Gasteiger partial charge in [-0.05, 0) is 42.1 Å². The molecule has 1 heterocycles. The maximum absolute atomic E-state index is 12.0. The summed E-state index contributed by atoms with van der Waals surface area (Å²) in [6.45, 7) is 0. The molecule has 0 bridgehead atoms. The minimum Gasteiger partial charge on any atom is -0.308 e. The molecule has 2 aromatic carbocycles. The molecule has 0 atom stereocenters. The molecule has 0 aliphatic carbocycles. The van der Waals surface area contributed by atoms with Crippen molar-refractivity contribution in [3.63, 3.8) is 0 Å². The van der Waals surface area contributed by atoms with E-state index in [2.05, 4.69) is 15.6 Å². The summed E-state index contributed by atoms with van der Waals surface area (Å²) in [6.07, 6.45) is 2.70. The number of nitrogens with one attached hydrogen (secondary N) is 2. The van der Waals surface area contributed by atoms with Gasteiger partial charge in [-0.1, -0.05) is 35.1 Å². The third-order valence-corrected chi connectivity index (χ3v) is 4.69. The molecule has 27 heavy (non-hydrogen) atoms. The van der Waals surface area contributed by atoms with Crippen molar-refractivity contribution in [1.29, 1.82) is 0 Å². The van der Waals surface area contributed by atoms with E-state index in [-0.39, 0.29) is 10.8 Å². The Hall–Kier alpha value is -2.88. The van der Waals surface area contributed by atoms with E-state index in [0.29, 0.717) is 15.7 Å². The van der Waals surface area contributed by atoms with Crippen molar-refractivity contribution in [2.45, 2.75) is 0 Å². The van der Waals surface area contributed by atoms with Crippen LogP contribution in [0.1, 0.15) is 5.56 Å². The molecule has 0 saturated carbocycles. The van der Waals surface area contributed by atoms with E-state index >= 15 is 0 Å². The number of anilines is 1. The van der Waals surface area contributed by atoms with Crippen LogP contribution in [0, 0.1) is 10.1 Å². The van der Waals surface area contributed by atoms with Gasteiger partial charge in [0.2, 0.25) is 5.91 Å². The van der Waals surface area contributed by atoms with Crippen LogP contribution in [0.25, 0.3) is 16.3 Å². The van der Waals surface area contributed by atoms with Crippen LogP contribution < -0.4 is 10.6 Å². The summed E-state index contributed by atoms with van der Waals surface area (Å²) in [5.74, 6) is -0.469. The van der Waals surface area contributed by atoms with Gasteiger partial charge in [0.25, 0.3) is 5.69 Å². The van der Waals surface area contributed by atoms with Gasteiger partial charge < -0.3 is 5.32 Å². The lowest BCUT2D eigenvalue weighted by molar-refractivity contribution is -0.384. The smallest absolute Gasteiger partial charge is 0.270 e. The highest BCUT2D eigenvalue weighted by atomic mass is 35.5. The summed E-state index contributed by atoms with van der Waals surface area (Å²) < 4.78 is 0.893. The first-order valence-corrected chi connectivity index (χ1v) is 9.11. The second-order valence-electron chi connectivity index (χ2n) is 5.26. The van der Waals surface area contributed by atoms with E-state index in [1.807, 2.05) is 0 Å². The molecule has 2 N–H and O–H groups in total. The number of hydrogen-bond acceptors (Lipinski definition) is 6. The largest absolute Gasteiger partial charge is 0.308 e. The minimum atomic E-state index is -0.498. The quantitative estimate of drug-likeness (QED) is 0.282. The topological polar surface area (TPSA) is 97.2 Å². The zero-order chi connectivity index (χ0) is 19.4. The number of carbonyl (C=O) groups is 1. The van der Waals surface area contributed by atoms with Crippen LogP contribution in [0.3, 0.4) is 0 Å². The lowest BCUT2D eigenvalue weighted by Crippen LogP contribution is -2.32. The Bertz CT molecular complexity index is 1080. The molecule has 7 nitrogen and oxygen atoms in total. The van der Waals surface area contributed by atoms with Crippen LogP contribution in [0.5, 0.6) is 0 Å². The van der Waals surface area contributed by atoms with Gasteiger partial charge >= 0.3 is 0 Å². The molecular weight excluding hydrogens is 408 g/mol. The first-order valence-electron chi connectivity index (χ1n) is 7.51. The van der Waals surface area contributed by atoms with E-state index < -0.39 is 10.8 Å². The van der Waals surface area contributed by atoms with Crippen molar-refractivity contribution in [3.05, 3.63) is 69.2 Å². The van der Waals surface area contributed by atoms with Crippen LogP contribution in [0.4, 0.5) is 10.8 Å². The standard InChI is InChI=1S/C17H11ClN4O3S2/c18-11-5-6-13-14(9-11)27-17(19-13)21-16(26)20-15(23)7-4-10-2-1-3-12(8-10)22(24)25/h1-9H,(H2,19,20,21,23,26)/b7-4+. The number of nitro benzene ring substituents is 1. The molecule has 10 heteroatoms. The number of halogens is 1. The number of carbonyl (C=O) groups excluding carboxylic acids is 1. The minimum absolute atomic E-state index is 0.0503. The summed E-state index contributed by atoms with van der Waals surface area (Å²) in [4.78, 5) is 26.6. The first kappa shape index (κ1) is 18.9. The third-order valence-electron chi connectivity index (χ3n) is 3.32. The number of thiocarbonyl (C=S) groups is 1. The maximum Gasteiger partial charge on any atom is 0.270 e. The molecule has 0 spiro atoms. The number of fused-ring (bicyclic) bond motifs is 1. The number of nitro groups is 1. The van der Waals surface area contributed by atoms with Gasteiger partial charge in [-0.2, -0.15) is 0 Å². The number of amides is 1. The van der Waals surface area contributed by atoms with Gasteiger partial charge in [0.05, 0.1) is 15.1 Å². The van der Waals surface area contributed by atoms with Crippen molar-refractivity contribution >= 4 is 73.3 Å². The summed E-state index contributed by atoms with van der Waals surface area (Å²) in [5, 5.41) is 17.3. The summed E-state index contributed by atoms with van der Waals surface area (Å²) in [6, 6.07) is 11.3. The maximum atomic E-state index is 12.0. The van der Waals surface area contributed by atoms with E-state index in [9.17, 15) is 14.9 Å². The molecular formula is C17H11ClN4O3S2. The summed E-state index contributed by atoms with van der Waals surface area (Å²) in [5.41, 5.74) is 1.25. The fourth-order valence-corrected chi connectivity index (χ4v) is 3.56. The van der Waals surface area contributed by atoms with Crippen LogP contribution in [0.2, 0.25) is 5.02 Å².